The van der Waals surface area contributed by atoms with E-state index in [2.05, 4.69) is 4.90 Å². The minimum atomic E-state index is -0.805. The highest BCUT2D eigenvalue weighted by atomic mass is 19.1. The van der Waals surface area contributed by atoms with Crippen molar-refractivity contribution in [2.75, 3.05) is 13.1 Å². The molecule has 3 nitrogen and oxygen atoms in total. The molecule has 1 N–H and O–H groups in total. The topological polar surface area (TPSA) is 40.5 Å². The second-order valence-corrected chi connectivity index (χ2v) is 6.58. The van der Waals surface area contributed by atoms with Crippen molar-refractivity contribution in [1.82, 2.24) is 4.90 Å². The monoisotopic (exact) mass is 339 g/mol. The van der Waals surface area contributed by atoms with Gasteiger partial charge in [-0.25, -0.2) is 4.39 Å². The zero-order valence-corrected chi connectivity index (χ0v) is 14.3. The molecule has 1 aliphatic heterocycles. The Bertz CT molecular complexity index is 760. The first kappa shape index (κ1) is 17.4. The number of Topliss-reactive ketones (excluding diaryl/α,β-unsaturated/α-hetero) is 1. The van der Waals surface area contributed by atoms with Crippen LogP contribution in [0.25, 0.3) is 0 Å². The van der Waals surface area contributed by atoms with Gasteiger partial charge in [-0.05, 0) is 49.6 Å². The minimum absolute atomic E-state index is 0.108. The molecule has 3 rings (SSSR count). The van der Waals surface area contributed by atoms with Crippen LogP contribution in [0.4, 0.5) is 4.39 Å². The van der Waals surface area contributed by atoms with E-state index in [1.165, 1.54) is 24.3 Å². The summed E-state index contributed by atoms with van der Waals surface area (Å²) in [5.74, 6) is -0.460. The van der Waals surface area contributed by atoms with E-state index < -0.39 is 5.60 Å². The fourth-order valence-corrected chi connectivity index (χ4v) is 3.22. The summed E-state index contributed by atoms with van der Waals surface area (Å²) < 4.78 is 13.0. The number of hydrogen-bond acceptors (Lipinski definition) is 3. The van der Waals surface area contributed by atoms with Crippen LogP contribution < -0.4 is 0 Å². The Morgan fingerprint density at radius 2 is 1.68 bits per heavy atom. The van der Waals surface area contributed by atoms with E-state index in [0.29, 0.717) is 37.1 Å². The van der Waals surface area contributed by atoms with Crippen molar-refractivity contribution in [3.05, 3.63) is 83.3 Å². The number of carbonyl (C=O) groups excluding carboxylic acids is 1. The Labute approximate surface area is 147 Å². The standard InChI is InChI=1S/C21H22FNO2/c1-16(20(24)17-7-9-19(22)10-8-17)15-23-13-11-21(25,12-14-23)18-5-3-2-4-6-18/h2-10,15,25H,11-14H2,1H3/b16-15+. The van der Waals surface area contributed by atoms with Gasteiger partial charge in [-0.15, -0.1) is 0 Å². The fraction of sp³-hybridized carbons (Fsp3) is 0.286. The van der Waals surface area contributed by atoms with Crippen molar-refractivity contribution in [3.8, 4) is 0 Å². The van der Waals surface area contributed by atoms with E-state index in [0.717, 1.165) is 5.56 Å². The lowest BCUT2D eigenvalue weighted by Crippen LogP contribution is -2.40. The van der Waals surface area contributed by atoms with Crippen molar-refractivity contribution in [1.29, 1.82) is 0 Å². The van der Waals surface area contributed by atoms with Crippen LogP contribution in [0.3, 0.4) is 0 Å². The van der Waals surface area contributed by atoms with Crippen molar-refractivity contribution < 1.29 is 14.3 Å². The maximum atomic E-state index is 13.0. The second kappa shape index (κ2) is 7.19. The summed E-state index contributed by atoms with van der Waals surface area (Å²) in [6.07, 6.45) is 3.08. The molecule has 1 saturated heterocycles. The lowest BCUT2D eigenvalue weighted by Gasteiger charge is -2.38. The zero-order valence-electron chi connectivity index (χ0n) is 14.3. The molecule has 2 aromatic carbocycles. The van der Waals surface area contributed by atoms with Crippen LogP contribution in [0.2, 0.25) is 0 Å². The van der Waals surface area contributed by atoms with Crippen molar-refractivity contribution in [3.63, 3.8) is 0 Å². The molecular formula is C21H22FNO2. The van der Waals surface area contributed by atoms with Gasteiger partial charge in [0.05, 0.1) is 5.60 Å². The summed E-state index contributed by atoms with van der Waals surface area (Å²) in [6.45, 7) is 3.13. The Hall–Kier alpha value is -2.46. The number of piperidine rings is 1. The number of ketones is 1. The summed E-state index contributed by atoms with van der Waals surface area (Å²) in [6, 6.07) is 15.3. The van der Waals surface area contributed by atoms with Gasteiger partial charge in [0, 0.05) is 30.4 Å². The molecule has 0 spiro atoms. The Morgan fingerprint density at radius 1 is 1.08 bits per heavy atom. The number of allylic oxidation sites excluding steroid dienone is 1. The lowest BCUT2D eigenvalue weighted by molar-refractivity contribution is -0.0162. The molecule has 1 fully saturated rings. The van der Waals surface area contributed by atoms with Gasteiger partial charge in [0.1, 0.15) is 5.82 Å². The minimum Gasteiger partial charge on any atom is -0.385 e. The molecule has 1 aliphatic rings. The van der Waals surface area contributed by atoms with Crippen molar-refractivity contribution in [2.45, 2.75) is 25.4 Å². The van der Waals surface area contributed by atoms with Crippen LogP contribution in [0.1, 0.15) is 35.7 Å². The van der Waals surface area contributed by atoms with Crippen molar-refractivity contribution >= 4 is 5.78 Å². The quantitative estimate of drug-likeness (QED) is 0.678. The second-order valence-electron chi connectivity index (χ2n) is 6.58. The molecule has 0 atom stereocenters. The number of hydrogen-bond donors (Lipinski definition) is 1. The zero-order chi connectivity index (χ0) is 17.9. The van der Waals surface area contributed by atoms with Crippen LogP contribution >= 0.6 is 0 Å². The number of nitrogens with zero attached hydrogens (tertiary/aromatic N) is 1. The van der Waals surface area contributed by atoms with E-state index in [-0.39, 0.29) is 11.6 Å². The molecule has 1 heterocycles. The maximum Gasteiger partial charge on any atom is 0.190 e. The Balaban J connectivity index is 1.65. The smallest absolute Gasteiger partial charge is 0.190 e. The summed E-state index contributed by atoms with van der Waals surface area (Å²) in [5, 5.41) is 10.9. The fourth-order valence-electron chi connectivity index (χ4n) is 3.22. The van der Waals surface area contributed by atoms with Crippen LogP contribution in [0.15, 0.2) is 66.4 Å². The molecule has 4 heteroatoms. The first-order valence-electron chi connectivity index (χ1n) is 8.49. The van der Waals surface area contributed by atoms with Gasteiger partial charge >= 0.3 is 0 Å². The van der Waals surface area contributed by atoms with E-state index in [4.69, 9.17) is 0 Å². The highest BCUT2D eigenvalue weighted by Gasteiger charge is 2.33. The number of benzene rings is 2. The highest BCUT2D eigenvalue weighted by molar-refractivity contribution is 6.08. The first-order chi connectivity index (χ1) is 12.0. The third-order valence-electron chi connectivity index (χ3n) is 4.78. The number of rotatable bonds is 4. The average Bonchev–Trinajstić information content (AvgIpc) is 2.64. The Kier molecular flexibility index (Phi) is 5.00. The maximum absolute atomic E-state index is 13.0. The van der Waals surface area contributed by atoms with E-state index in [9.17, 15) is 14.3 Å². The predicted molar refractivity (Wildman–Crippen MR) is 95.6 cm³/mol. The van der Waals surface area contributed by atoms with Crippen LogP contribution in [-0.4, -0.2) is 28.9 Å². The summed E-state index contributed by atoms with van der Waals surface area (Å²) in [7, 11) is 0. The van der Waals surface area contributed by atoms with Crippen LogP contribution in [-0.2, 0) is 5.60 Å². The summed E-state index contributed by atoms with van der Waals surface area (Å²) >= 11 is 0. The molecule has 130 valence electrons. The molecule has 0 bridgehead atoms. The van der Waals surface area contributed by atoms with Gasteiger partial charge in [-0.2, -0.15) is 0 Å². The Morgan fingerprint density at radius 3 is 2.28 bits per heavy atom. The van der Waals surface area contributed by atoms with E-state index in [1.807, 2.05) is 36.5 Å². The number of carbonyl (C=O) groups is 1. The van der Waals surface area contributed by atoms with Gasteiger partial charge in [0.15, 0.2) is 5.78 Å². The molecule has 0 saturated carbocycles. The molecule has 0 amide bonds. The molecule has 2 aromatic rings. The number of likely N-dealkylation sites (tertiary alicyclic amines) is 1. The average molecular weight is 339 g/mol. The molecule has 0 aromatic heterocycles. The van der Waals surface area contributed by atoms with Gasteiger partial charge in [-0.3, -0.25) is 4.79 Å². The molecule has 0 aliphatic carbocycles. The van der Waals surface area contributed by atoms with Gasteiger partial charge in [-0.1, -0.05) is 30.3 Å². The number of aliphatic hydroxyl groups is 1. The molecule has 0 radical (unpaired) electrons. The van der Waals surface area contributed by atoms with Gasteiger partial charge in [0.2, 0.25) is 0 Å². The third-order valence-corrected chi connectivity index (χ3v) is 4.78. The molecular weight excluding hydrogens is 317 g/mol. The van der Waals surface area contributed by atoms with Crippen molar-refractivity contribution in [2.24, 2.45) is 0 Å². The van der Waals surface area contributed by atoms with E-state index in [1.54, 1.807) is 6.92 Å². The SMILES string of the molecule is C/C(=C\N1CCC(O)(c2ccccc2)CC1)C(=O)c1ccc(F)cc1. The largest absolute Gasteiger partial charge is 0.385 e. The summed E-state index contributed by atoms with van der Waals surface area (Å²) in [4.78, 5) is 14.5. The van der Waals surface area contributed by atoms with Crippen LogP contribution in [0.5, 0.6) is 0 Å². The van der Waals surface area contributed by atoms with Gasteiger partial charge in [0.25, 0.3) is 0 Å². The van der Waals surface area contributed by atoms with E-state index >= 15 is 0 Å². The van der Waals surface area contributed by atoms with Crippen LogP contribution in [0, 0.1) is 5.82 Å². The normalized spacial score (nSPS) is 17.4. The molecule has 25 heavy (non-hydrogen) atoms. The molecule has 0 unspecified atom stereocenters. The lowest BCUT2D eigenvalue weighted by atomic mass is 9.84. The third kappa shape index (κ3) is 3.97. The first-order valence-corrected chi connectivity index (χ1v) is 8.49. The predicted octanol–water partition coefficient (Wildman–Crippen LogP) is 3.90. The summed E-state index contributed by atoms with van der Waals surface area (Å²) in [5.41, 5.74) is 1.22. The number of halogens is 1. The van der Waals surface area contributed by atoms with Gasteiger partial charge < -0.3 is 10.0 Å². The highest BCUT2D eigenvalue weighted by Crippen LogP contribution is 2.32.